The van der Waals surface area contributed by atoms with E-state index in [0.717, 1.165) is 36.1 Å². The number of rotatable bonds is 2. The van der Waals surface area contributed by atoms with Crippen molar-refractivity contribution in [2.24, 2.45) is 0 Å². The van der Waals surface area contributed by atoms with E-state index in [1.54, 1.807) is 0 Å². The number of likely N-dealkylation sites (N-methyl/N-ethyl adjacent to an activating group) is 1. The fourth-order valence-electron chi connectivity index (χ4n) is 3.69. The van der Waals surface area contributed by atoms with Crippen LogP contribution in [0.1, 0.15) is 16.9 Å². The summed E-state index contributed by atoms with van der Waals surface area (Å²) in [6.07, 6.45) is 1.09. The number of hydrogen-bond donors (Lipinski definition) is 2. The minimum Gasteiger partial charge on any atom is -0.483 e. The van der Waals surface area contributed by atoms with Crippen molar-refractivity contribution in [1.29, 1.82) is 0 Å². The van der Waals surface area contributed by atoms with Crippen molar-refractivity contribution < 1.29 is 14.7 Å². The monoisotopic (exact) mass is 345 g/mol. The van der Waals surface area contributed by atoms with Gasteiger partial charge in [-0.25, -0.2) is 0 Å². The molecule has 2 aliphatic heterocycles. The molecule has 0 unspecified atom stereocenters. The van der Waals surface area contributed by atoms with Gasteiger partial charge in [-0.15, -0.1) is 0 Å². The van der Waals surface area contributed by atoms with Gasteiger partial charge >= 0.3 is 0 Å². The molecule has 2 fully saturated rings. The lowest BCUT2D eigenvalue weighted by atomic mass is 10.1. The van der Waals surface area contributed by atoms with Gasteiger partial charge in [-0.3, -0.25) is 19.6 Å². The van der Waals surface area contributed by atoms with Gasteiger partial charge < -0.3 is 14.9 Å². The van der Waals surface area contributed by atoms with Gasteiger partial charge in [-0.1, -0.05) is 0 Å². The number of benzene rings is 1. The van der Waals surface area contributed by atoms with Crippen LogP contribution in [0.3, 0.4) is 0 Å². The van der Waals surface area contributed by atoms with E-state index >= 15 is 0 Å². The first-order valence-corrected chi connectivity index (χ1v) is 8.20. The summed E-state index contributed by atoms with van der Waals surface area (Å²) in [5.74, 6) is 0.0581. The van der Waals surface area contributed by atoms with Gasteiger partial charge in [0.25, 0.3) is 12.4 Å². The normalized spacial score (nSPS) is 22.0. The topological polar surface area (TPSA) is 92.8 Å². The Morgan fingerprint density at radius 1 is 1.36 bits per heavy atom. The Balaban J connectivity index is 0.000000569. The number of nitrogens with one attached hydrogen (secondary N) is 1. The van der Waals surface area contributed by atoms with Crippen molar-refractivity contribution in [1.82, 2.24) is 20.0 Å². The second kappa shape index (κ2) is 6.72. The number of anilines is 1. The van der Waals surface area contributed by atoms with E-state index < -0.39 is 0 Å². The third-order valence-electron chi connectivity index (χ3n) is 5.04. The van der Waals surface area contributed by atoms with Gasteiger partial charge in [-0.05, 0) is 31.7 Å². The molecule has 25 heavy (non-hydrogen) atoms. The minimum absolute atomic E-state index is 0.0581. The Hall–Kier alpha value is -2.61. The predicted molar refractivity (Wildman–Crippen MR) is 95.0 cm³/mol. The van der Waals surface area contributed by atoms with E-state index in [2.05, 4.69) is 22.1 Å². The molecule has 2 aliphatic rings. The average Bonchev–Trinajstić information content (AvgIpc) is 3.27. The van der Waals surface area contributed by atoms with Crippen LogP contribution >= 0.6 is 0 Å². The number of fused-ring (bicyclic) bond motifs is 3. The first-order valence-electron chi connectivity index (χ1n) is 8.20. The van der Waals surface area contributed by atoms with Crippen molar-refractivity contribution in [3.8, 4) is 0 Å². The van der Waals surface area contributed by atoms with Crippen LogP contribution in [0.5, 0.6) is 0 Å². The number of carbonyl (C=O) groups excluding carboxylic acids is 1. The molecule has 1 amide bonds. The van der Waals surface area contributed by atoms with Crippen LogP contribution in [0.15, 0.2) is 18.2 Å². The van der Waals surface area contributed by atoms with Crippen LogP contribution in [0.4, 0.5) is 5.69 Å². The fraction of sp³-hybridized carbons (Fsp3) is 0.471. The van der Waals surface area contributed by atoms with Gasteiger partial charge in [0.2, 0.25) is 0 Å². The van der Waals surface area contributed by atoms with E-state index in [1.165, 1.54) is 0 Å². The Bertz CT molecular complexity index is 786. The van der Waals surface area contributed by atoms with Gasteiger partial charge in [0, 0.05) is 50.3 Å². The summed E-state index contributed by atoms with van der Waals surface area (Å²) in [7, 11) is 6.13. The fourth-order valence-corrected chi connectivity index (χ4v) is 3.69. The molecule has 2 saturated heterocycles. The number of aromatic amines is 1. The second-order valence-electron chi connectivity index (χ2n) is 6.74. The number of aromatic nitrogens is 2. The molecule has 8 nitrogen and oxygen atoms in total. The average molecular weight is 345 g/mol. The molecule has 2 aromatic rings. The molecule has 0 saturated carbocycles. The summed E-state index contributed by atoms with van der Waals surface area (Å²) in [6, 6.07) is 6.90. The molecular weight excluding hydrogens is 322 g/mol. The molecule has 2 N–H and O–H groups in total. The summed E-state index contributed by atoms with van der Waals surface area (Å²) in [4.78, 5) is 27.7. The summed E-state index contributed by atoms with van der Waals surface area (Å²) >= 11 is 0. The molecule has 1 aromatic heterocycles. The van der Waals surface area contributed by atoms with Crippen LogP contribution in [0.25, 0.3) is 10.9 Å². The van der Waals surface area contributed by atoms with Crippen LogP contribution in [0, 0.1) is 0 Å². The highest BCUT2D eigenvalue weighted by Crippen LogP contribution is 2.31. The maximum absolute atomic E-state index is 12.9. The molecule has 2 bridgehead atoms. The van der Waals surface area contributed by atoms with Crippen LogP contribution < -0.4 is 4.90 Å². The smallest absolute Gasteiger partial charge is 0.290 e. The minimum atomic E-state index is -0.250. The number of nitrogens with zero attached hydrogens (tertiary/aromatic N) is 4. The largest absolute Gasteiger partial charge is 0.483 e. The Morgan fingerprint density at radius 2 is 2.08 bits per heavy atom. The van der Waals surface area contributed by atoms with E-state index in [1.807, 2.05) is 42.1 Å². The van der Waals surface area contributed by atoms with Gasteiger partial charge in [0.1, 0.15) is 0 Å². The first-order chi connectivity index (χ1) is 12.0. The van der Waals surface area contributed by atoms with Crippen LogP contribution in [-0.4, -0.2) is 83.8 Å². The van der Waals surface area contributed by atoms with E-state index in [0.29, 0.717) is 17.8 Å². The summed E-state index contributed by atoms with van der Waals surface area (Å²) in [5, 5.41) is 15.1. The summed E-state index contributed by atoms with van der Waals surface area (Å²) in [5.41, 5.74) is 2.54. The number of carbonyl (C=O) groups is 2. The lowest BCUT2D eigenvalue weighted by molar-refractivity contribution is -0.122. The van der Waals surface area contributed by atoms with Crippen molar-refractivity contribution in [2.75, 3.05) is 39.1 Å². The second-order valence-corrected chi connectivity index (χ2v) is 6.74. The van der Waals surface area contributed by atoms with Gasteiger partial charge in [0.05, 0.1) is 5.52 Å². The van der Waals surface area contributed by atoms with Crippen LogP contribution in [0.2, 0.25) is 0 Å². The van der Waals surface area contributed by atoms with E-state index in [-0.39, 0.29) is 12.4 Å². The Kier molecular flexibility index (Phi) is 4.63. The van der Waals surface area contributed by atoms with Crippen molar-refractivity contribution >= 4 is 29.0 Å². The number of piperazine rings is 1. The third kappa shape index (κ3) is 3.05. The zero-order valence-corrected chi connectivity index (χ0v) is 14.6. The lowest BCUT2D eigenvalue weighted by Crippen LogP contribution is -2.47. The number of hydrogen-bond acceptors (Lipinski definition) is 5. The van der Waals surface area contributed by atoms with Crippen molar-refractivity contribution in [2.45, 2.75) is 18.5 Å². The maximum atomic E-state index is 12.9. The van der Waals surface area contributed by atoms with Crippen LogP contribution in [-0.2, 0) is 4.79 Å². The highest BCUT2D eigenvalue weighted by atomic mass is 16.3. The molecule has 134 valence electrons. The molecule has 1 aromatic carbocycles. The molecule has 2 atom stereocenters. The predicted octanol–water partition coefficient (Wildman–Crippen LogP) is 0.858. The molecule has 4 rings (SSSR count). The van der Waals surface area contributed by atoms with Gasteiger partial charge in [0.15, 0.2) is 5.69 Å². The number of amides is 1. The lowest BCUT2D eigenvalue weighted by Gasteiger charge is -2.31. The highest BCUT2D eigenvalue weighted by molar-refractivity contribution is 6.05. The zero-order chi connectivity index (χ0) is 18.1. The first kappa shape index (κ1) is 17.2. The van der Waals surface area contributed by atoms with Crippen molar-refractivity contribution in [3.63, 3.8) is 0 Å². The molecule has 0 radical (unpaired) electrons. The summed E-state index contributed by atoms with van der Waals surface area (Å²) < 4.78 is 0. The number of carboxylic acid groups (broad SMARTS) is 1. The molecule has 3 heterocycles. The molecule has 8 heteroatoms. The molecular formula is C17H23N5O3. The standard InChI is InChI=1S/C16H21N5O.CH2O2/c1-19(2)10-4-5-14-13(7-10)15(18-17-14)16(22)21-9-11-6-12(21)8-20(11)3;2-1-3/h4-5,7,11-12H,6,8-9H2,1-3H3,(H,17,18);1H,(H,2,3)/t11-,12-;/m0./s1. The Morgan fingerprint density at radius 3 is 2.64 bits per heavy atom. The SMILES string of the molecule is CN(C)c1ccc2[nH]nc(C(=O)N3C[C@@H]4C[C@H]3CN4C)c2c1.O=CO. The van der Waals surface area contributed by atoms with E-state index in [4.69, 9.17) is 9.90 Å². The molecule has 0 spiro atoms. The number of H-pyrrole nitrogens is 1. The summed E-state index contributed by atoms with van der Waals surface area (Å²) in [6.45, 7) is 1.55. The molecule has 0 aliphatic carbocycles. The maximum Gasteiger partial charge on any atom is 0.290 e. The zero-order valence-electron chi connectivity index (χ0n) is 14.6. The van der Waals surface area contributed by atoms with Gasteiger partial charge in [-0.2, -0.15) is 5.10 Å². The quantitative estimate of drug-likeness (QED) is 0.784. The third-order valence-corrected chi connectivity index (χ3v) is 5.04. The Labute approximate surface area is 146 Å². The van der Waals surface area contributed by atoms with E-state index in [9.17, 15) is 4.79 Å². The highest BCUT2D eigenvalue weighted by Gasteiger charge is 2.44. The van der Waals surface area contributed by atoms with Crippen molar-refractivity contribution in [3.05, 3.63) is 23.9 Å². The number of likely N-dealkylation sites (tertiary alicyclic amines) is 2.